The molecule has 3 rings (SSSR count). The third-order valence-electron chi connectivity index (χ3n) is 4.76. The Kier molecular flexibility index (Phi) is 6.26. The van der Waals surface area contributed by atoms with Crippen LogP contribution < -0.4 is 10.1 Å². The van der Waals surface area contributed by atoms with Crippen molar-refractivity contribution in [3.63, 3.8) is 0 Å². The molecule has 146 valence electrons. The number of amides is 2. The van der Waals surface area contributed by atoms with Crippen molar-refractivity contribution >= 4 is 34.8 Å². The van der Waals surface area contributed by atoms with Crippen LogP contribution in [0.2, 0.25) is 0 Å². The minimum absolute atomic E-state index is 0.0564. The Morgan fingerprint density at radius 3 is 2.46 bits per heavy atom. The minimum atomic E-state index is -0.584. The summed E-state index contributed by atoms with van der Waals surface area (Å²) in [4.78, 5) is 28.3. The van der Waals surface area contributed by atoms with Crippen molar-refractivity contribution in [2.75, 3.05) is 26.0 Å². The molecule has 0 aliphatic carbocycles. The first-order valence-electron chi connectivity index (χ1n) is 9.05. The second-order valence-electron chi connectivity index (χ2n) is 6.61. The molecule has 2 amide bonds. The molecule has 1 N–H and O–H groups in total. The molecule has 2 aromatic rings. The van der Waals surface area contributed by atoms with Gasteiger partial charge >= 0.3 is 0 Å². The number of para-hydroxylation sites is 1. The molecule has 1 saturated heterocycles. The highest BCUT2D eigenvalue weighted by atomic mass is 32.1. The standard InChI is InChI=1S/C21H23N3O3S/c1-23-20(26)18(14-19(25)22-16-6-4-3-5-7-16)24(21(23)28)13-12-15-8-10-17(27-2)11-9-15/h3-11,18H,12-14H2,1-2H3,(H,22,25). The topological polar surface area (TPSA) is 61.9 Å². The van der Waals surface area contributed by atoms with Crippen LogP contribution in [-0.4, -0.2) is 53.5 Å². The van der Waals surface area contributed by atoms with E-state index in [1.165, 1.54) is 4.90 Å². The van der Waals surface area contributed by atoms with Crippen molar-refractivity contribution < 1.29 is 14.3 Å². The van der Waals surface area contributed by atoms with Crippen LogP contribution in [0.3, 0.4) is 0 Å². The number of nitrogens with one attached hydrogen (secondary N) is 1. The van der Waals surface area contributed by atoms with Crippen LogP contribution in [0.15, 0.2) is 54.6 Å². The molecule has 1 fully saturated rings. The molecule has 2 aromatic carbocycles. The molecule has 1 aliphatic heterocycles. The van der Waals surface area contributed by atoms with E-state index in [9.17, 15) is 9.59 Å². The summed E-state index contributed by atoms with van der Waals surface area (Å²) in [6.45, 7) is 0.560. The first kappa shape index (κ1) is 19.8. The zero-order valence-corrected chi connectivity index (χ0v) is 16.7. The van der Waals surface area contributed by atoms with Gasteiger partial charge in [0.25, 0.3) is 5.91 Å². The van der Waals surface area contributed by atoms with Crippen LogP contribution in [0.5, 0.6) is 5.75 Å². The molecule has 1 atom stereocenters. The number of carbonyl (C=O) groups is 2. The van der Waals surface area contributed by atoms with Crippen LogP contribution in [0, 0.1) is 0 Å². The largest absolute Gasteiger partial charge is 0.497 e. The van der Waals surface area contributed by atoms with Crippen LogP contribution in [-0.2, 0) is 16.0 Å². The summed E-state index contributed by atoms with van der Waals surface area (Å²) < 4.78 is 5.17. The SMILES string of the molecule is COc1ccc(CCN2C(=S)N(C)C(=O)C2CC(=O)Nc2ccccc2)cc1. The number of carbonyl (C=O) groups excluding carboxylic acids is 2. The highest BCUT2D eigenvalue weighted by Gasteiger charge is 2.41. The second kappa shape index (κ2) is 8.84. The van der Waals surface area contributed by atoms with Gasteiger partial charge in [-0.3, -0.25) is 14.5 Å². The van der Waals surface area contributed by atoms with E-state index in [2.05, 4.69) is 5.32 Å². The van der Waals surface area contributed by atoms with Gasteiger partial charge in [0.05, 0.1) is 13.5 Å². The van der Waals surface area contributed by atoms with Gasteiger partial charge in [-0.25, -0.2) is 0 Å². The molecule has 1 aliphatic rings. The number of thiocarbonyl (C=S) groups is 1. The monoisotopic (exact) mass is 397 g/mol. The number of anilines is 1. The molecule has 1 unspecified atom stereocenters. The lowest BCUT2D eigenvalue weighted by Gasteiger charge is -2.23. The molecular formula is C21H23N3O3S. The summed E-state index contributed by atoms with van der Waals surface area (Å²) in [5.41, 5.74) is 1.82. The first-order valence-corrected chi connectivity index (χ1v) is 9.46. The van der Waals surface area contributed by atoms with Crippen molar-refractivity contribution in [3.8, 4) is 5.75 Å². The van der Waals surface area contributed by atoms with Gasteiger partial charge in [-0.15, -0.1) is 0 Å². The Labute approximate surface area is 170 Å². The molecule has 0 bridgehead atoms. The maximum Gasteiger partial charge on any atom is 0.251 e. The number of hydrogen-bond acceptors (Lipinski definition) is 4. The first-order chi connectivity index (χ1) is 13.5. The number of hydrogen-bond donors (Lipinski definition) is 1. The lowest BCUT2D eigenvalue weighted by atomic mass is 10.1. The fourth-order valence-electron chi connectivity index (χ4n) is 3.18. The normalized spacial score (nSPS) is 16.4. The Balaban J connectivity index is 1.65. The van der Waals surface area contributed by atoms with Crippen LogP contribution in [0.1, 0.15) is 12.0 Å². The van der Waals surface area contributed by atoms with Gasteiger partial charge in [0.15, 0.2) is 5.11 Å². The Morgan fingerprint density at radius 1 is 1.14 bits per heavy atom. The van der Waals surface area contributed by atoms with Crippen molar-refractivity contribution in [1.82, 2.24) is 9.80 Å². The van der Waals surface area contributed by atoms with Crippen LogP contribution in [0.4, 0.5) is 5.69 Å². The molecule has 0 saturated carbocycles. The number of methoxy groups -OCH3 is 1. The summed E-state index contributed by atoms with van der Waals surface area (Å²) in [5, 5.41) is 3.29. The fourth-order valence-corrected chi connectivity index (χ4v) is 3.49. The highest BCUT2D eigenvalue weighted by Crippen LogP contribution is 2.21. The van der Waals surface area contributed by atoms with E-state index in [0.717, 1.165) is 11.3 Å². The molecule has 0 aromatic heterocycles. The number of ether oxygens (including phenoxy) is 1. The number of nitrogens with zero attached hydrogens (tertiary/aromatic N) is 2. The van der Waals surface area contributed by atoms with E-state index in [1.807, 2.05) is 59.5 Å². The summed E-state index contributed by atoms with van der Waals surface area (Å²) in [6.07, 6.45) is 0.767. The molecule has 7 heteroatoms. The molecule has 1 heterocycles. The third-order valence-corrected chi connectivity index (χ3v) is 5.27. The second-order valence-corrected chi connectivity index (χ2v) is 6.97. The smallest absolute Gasteiger partial charge is 0.251 e. The van der Waals surface area contributed by atoms with Gasteiger partial charge in [0, 0.05) is 19.3 Å². The number of benzene rings is 2. The molecule has 6 nitrogen and oxygen atoms in total. The van der Waals surface area contributed by atoms with E-state index in [4.69, 9.17) is 17.0 Å². The predicted octanol–water partition coefficient (Wildman–Crippen LogP) is 2.69. The molecule has 0 radical (unpaired) electrons. The lowest BCUT2D eigenvalue weighted by Crippen LogP contribution is -2.39. The van der Waals surface area contributed by atoms with Gasteiger partial charge in [-0.1, -0.05) is 30.3 Å². The third kappa shape index (κ3) is 4.48. The van der Waals surface area contributed by atoms with Crippen LogP contribution in [0.25, 0.3) is 0 Å². The quantitative estimate of drug-likeness (QED) is 0.728. The highest BCUT2D eigenvalue weighted by molar-refractivity contribution is 7.80. The van der Waals surface area contributed by atoms with Crippen molar-refractivity contribution in [1.29, 1.82) is 0 Å². The van der Waals surface area contributed by atoms with Crippen molar-refractivity contribution in [2.45, 2.75) is 18.9 Å². The maximum absolute atomic E-state index is 12.6. The van der Waals surface area contributed by atoms with Gasteiger partial charge in [-0.05, 0) is 48.5 Å². The number of likely N-dealkylation sites (N-methyl/N-ethyl adjacent to an activating group) is 1. The van der Waals surface area contributed by atoms with Gasteiger partial charge < -0.3 is 15.0 Å². The van der Waals surface area contributed by atoms with Crippen molar-refractivity contribution in [3.05, 3.63) is 60.2 Å². The van der Waals surface area contributed by atoms with Gasteiger partial charge in [-0.2, -0.15) is 0 Å². The summed E-state index contributed by atoms with van der Waals surface area (Å²) in [7, 11) is 3.28. The molecule has 28 heavy (non-hydrogen) atoms. The average Bonchev–Trinajstić information content (AvgIpc) is 2.91. The van der Waals surface area contributed by atoms with E-state index >= 15 is 0 Å². The zero-order chi connectivity index (χ0) is 20.1. The zero-order valence-electron chi connectivity index (χ0n) is 15.9. The van der Waals surface area contributed by atoms with E-state index in [-0.39, 0.29) is 18.2 Å². The van der Waals surface area contributed by atoms with Gasteiger partial charge in [0.2, 0.25) is 5.91 Å². The molecule has 0 spiro atoms. The Hall–Kier alpha value is -2.93. The van der Waals surface area contributed by atoms with E-state index in [1.54, 1.807) is 14.2 Å². The lowest BCUT2D eigenvalue weighted by molar-refractivity contribution is -0.130. The summed E-state index contributed by atoms with van der Waals surface area (Å²) in [5.74, 6) is 0.436. The maximum atomic E-state index is 12.6. The fraction of sp³-hybridized carbons (Fsp3) is 0.286. The summed E-state index contributed by atoms with van der Waals surface area (Å²) in [6, 6.07) is 16.4. The van der Waals surface area contributed by atoms with Crippen LogP contribution >= 0.6 is 12.2 Å². The Morgan fingerprint density at radius 2 is 1.82 bits per heavy atom. The average molecular weight is 398 g/mol. The Bertz CT molecular complexity index is 855. The van der Waals surface area contributed by atoms with Gasteiger partial charge in [0.1, 0.15) is 11.8 Å². The minimum Gasteiger partial charge on any atom is -0.497 e. The van der Waals surface area contributed by atoms with E-state index in [0.29, 0.717) is 23.8 Å². The van der Waals surface area contributed by atoms with E-state index < -0.39 is 6.04 Å². The molecular weight excluding hydrogens is 374 g/mol. The summed E-state index contributed by atoms with van der Waals surface area (Å²) >= 11 is 5.43. The predicted molar refractivity (Wildman–Crippen MR) is 112 cm³/mol. The van der Waals surface area contributed by atoms with Crippen molar-refractivity contribution in [2.24, 2.45) is 0 Å². The number of rotatable bonds is 7.